The fraction of sp³-hybridized carbons (Fsp3) is 0.250. The van der Waals surface area contributed by atoms with E-state index in [0.717, 1.165) is 43.7 Å². The van der Waals surface area contributed by atoms with Gasteiger partial charge in [0.05, 0.1) is 38.6 Å². The number of pyridine rings is 1. The summed E-state index contributed by atoms with van der Waals surface area (Å²) in [5, 5.41) is 19.6. The summed E-state index contributed by atoms with van der Waals surface area (Å²) in [6.45, 7) is 5.30. The van der Waals surface area contributed by atoms with Crippen molar-refractivity contribution in [2.75, 3.05) is 30.3 Å². The summed E-state index contributed by atoms with van der Waals surface area (Å²) in [5.41, 5.74) is 10.6. The first kappa shape index (κ1) is 29.9. The Kier molecular flexibility index (Phi) is 8.73. The molecule has 0 bridgehead atoms. The number of aromatic nitrogens is 1. The molecule has 1 saturated heterocycles. The summed E-state index contributed by atoms with van der Waals surface area (Å²) in [5.74, 6) is -0.878. The molecule has 4 aromatic rings. The minimum atomic E-state index is -0.548. The number of anilines is 3. The van der Waals surface area contributed by atoms with E-state index in [2.05, 4.69) is 55.7 Å². The Morgan fingerprint density at radius 3 is 2.50 bits per heavy atom. The number of rotatable bonds is 8. The maximum atomic E-state index is 13.9. The van der Waals surface area contributed by atoms with Crippen LogP contribution in [0, 0.1) is 23.0 Å². The fourth-order valence-electron chi connectivity index (χ4n) is 5.64. The molecule has 3 heterocycles. The SMILES string of the molecule is CCN1CCC(N2C=C(C(Nc3cc(Cl)c4ncc(C#N)c(Nc5ccc(F)c(Cl)c5)c4c3)c3ccc(F)cc3)NN2)CC1. The first-order chi connectivity index (χ1) is 21.3. The molecule has 1 fully saturated rings. The van der Waals surface area contributed by atoms with Gasteiger partial charge in [-0.2, -0.15) is 5.26 Å². The maximum Gasteiger partial charge on any atom is 0.141 e. The Balaban J connectivity index is 1.36. The number of hydrogen-bond donors (Lipinski definition) is 4. The lowest BCUT2D eigenvalue weighted by atomic mass is 10.0. The molecule has 3 aromatic carbocycles. The van der Waals surface area contributed by atoms with Gasteiger partial charge in [0.25, 0.3) is 0 Å². The summed E-state index contributed by atoms with van der Waals surface area (Å²) in [7, 11) is 0. The highest BCUT2D eigenvalue weighted by Crippen LogP contribution is 2.37. The fourth-order valence-corrected chi connectivity index (χ4v) is 6.09. The molecule has 12 heteroatoms. The Morgan fingerprint density at radius 1 is 1.05 bits per heavy atom. The number of halogens is 4. The number of nitriles is 1. The van der Waals surface area contributed by atoms with Gasteiger partial charge in [0.2, 0.25) is 0 Å². The number of likely N-dealkylation sites (tertiary alicyclic amines) is 1. The second kappa shape index (κ2) is 12.8. The number of hydrogen-bond acceptors (Lipinski definition) is 8. The lowest BCUT2D eigenvalue weighted by Gasteiger charge is -2.35. The minimum Gasteiger partial charge on any atom is -0.373 e. The highest BCUT2D eigenvalue weighted by atomic mass is 35.5. The van der Waals surface area contributed by atoms with Crippen LogP contribution < -0.4 is 21.6 Å². The summed E-state index contributed by atoms with van der Waals surface area (Å²) >= 11 is 12.8. The van der Waals surface area contributed by atoms with Gasteiger partial charge in [-0.3, -0.25) is 9.99 Å². The summed E-state index contributed by atoms with van der Waals surface area (Å²) in [6.07, 6.45) is 5.56. The van der Waals surface area contributed by atoms with Crippen molar-refractivity contribution in [1.29, 1.82) is 5.26 Å². The highest BCUT2D eigenvalue weighted by Gasteiger charge is 2.29. The van der Waals surface area contributed by atoms with Crippen LogP contribution in [0.5, 0.6) is 0 Å². The largest absolute Gasteiger partial charge is 0.373 e. The molecule has 0 radical (unpaired) electrons. The van der Waals surface area contributed by atoms with E-state index in [1.54, 1.807) is 18.2 Å². The lowest BCUT2D eigenvalue weighted by molar-refractivity contribution is 0.112. The van der Waals surface area contributed by atoms with Crippen LogP contribution in [0.4, 0.5) is 25.8 Å². The quantitative estimate of drug-likeness (QED) is 0.161. The van der Waals surface area contributed by atoms with Crippen LogP contribution in [-0.4, -0.2) is 40.6 Å². The zero-order chi connectivity index (χ0) is 30.8. The van der Waals surface area contributed by atoms with Crippen molar-refractivity contribution in [3.05, 3.63) is 105 Å². The van der Waals surface area contributed by atoms with Gasteiger partial charge in [0, 0.05) is 48.3 Å². The van der Waals surface area contributed by atoms with Gasteiger partial charge in [0.15, 0.2) is 0 Å². The van der Waals surface area contributed by atoms with Crippen LogP contribution >= 0.6 is 23.2 Å². The smallest absolute Gasteiger partial charge is 0.141 e. The van der Waals surface area contributed by atoms with Gasteiger partial charge in [-0.25, -0.2) is 8.78 Å². The van der Waals surface area contributed by atoms with Crippen LogP contribution in [0.2, 0.25) is 10.0 Å². The van der Waals surface area contributed by atoms with Crippen LogP contribution in [0.15, 0.2) is 72.7 Å². The molecule has 0 spiro atoms. The van der Waals surface area contributed by atoms with Crippen LogP contribution in [-0.2, 0) is 0 Å². The monoisotopic (exact) mass is 634 g/mol. The predicted molar refractivity (Wildman–Crippen MR) is 170 cm³/mol. The molecule has 2 aliphatic heterocycles. The van der Waals surface area contributed by atoms with E-state index in [-0.39, 0.29) is 16.4 Å². The Labute approximate surface area is 264 Å². The van der Waals surface area contributed by atoms with Crippen LogP contribution in [0.1, 0.15) is 36.9 Å². The maximum absolute atomic E-state index is 13.9. The van der Waals surface area contributed by atoms with E-state index in [1.807, 2.05) is 6.07 Å². The van der Waals surface area contributed by atoms with E-state index in [1.165, 1.54) is 36.5 Å². The third-order valence-electron chi connectivity index (χ3n) is 8.06. The zero-order valence-corrected chi connectivity index (χ0v) is 25.4. The average molecular weight is 636 g/mol. The number of hydrazine groups is 2. The van der Waals surface area contributed by atoms with Crippen molar-refractivity contribution in [2.45, 2.75) is 31.8 Å². The van der Waals surface area contributed by atoms with Gasteiger partial charge >= 0.3 is 0 Å². The molecule has 8 nitrogen and oxygen atoms in total. The van der Waals surface area contributed by atoms with Crippen molar-refractivity contribution in [1.82, 2.24) is 25.9 Å². The molecular weight excluding hydrogens is 605 g/mol. The molecule has 4 N–H and O–H groups in total. The first-order valence-corrected chi connectivity index (χ1v) is 15.1. The molecule has 226 valence electrons. The van der Waals surface area contributed by atoms with Gasteiger partial charge in [-0.1, -0.05) is 42.3 Å². The molecule has 1 atom stereocenters. The normalized spacial score (nSPS) is 16.4. The van der Waals surface area contributed by atoms with E-state index in [4.69, 9.17) is 23.2 Å². The molecule has 44 heavy (non-hydrogen) atoms. The molecule has 0 aliphatic carbocycles. The van der Waals surface area contributed by atoms with E-state index in [9.17, 15) is 14.0 Å². The van der Waals surface area contributed by atoms with Crippen molar-refractivity contribution >= 4 is 51.2 Å². The van der Waals surface area contributed by atoms with Crippen molar-refractivity contribution in [2.24, 2.45) is 0 Å². The third-order valence-corrected chi connectivity index (χ3v) is 8.64. The summed E-state index contributed by atoms with van der Waals surface area (Å²) in [6, 6.07) is 16.3. The van der Waals surface area contributed by atoms with Crippen molar-refractivity contribution < 1.29 is 8.78 Å². The second-order valence-corrected chi connectivity index (χ2v) is 11.6. The topological polar surface area (TPSA) is 91.3 Å². The third kappa shape index (κ3) is 6.23. The molecule has 2 aliphatic rings. The molecule has 1 aromatic heterocycles. The number of nitrogens with one attached hydrogen (secondary N) is 4. The molecule has 0 saturated carbocycles. The van der Waals surface area contributed by atoms with Gasteiger partial charge < -0.3 is 21.0 Å². The number of piperidine rings is 1. The highest BCUT2D eigenvalue weighted by molar-refractivity contribution is 6.36. The zero-order valence-electron chi connectivity index (χ0n) is 23.8. The lowest BCUT2D eigenvalue weighted by Crippen LogP contribution is -2.48. The van der Waals surface area contributed by atoms with Gasteiger partial charge in [0.1, 0.15) is 17.7 Å². The molecule has 1 unspecified atom stereocenters. The molecule has 0 amide bonds. The summed E-state index contributed by atoms with van der Waals surface area (Å²) in [4.78, 5) is 6.87. The Morgan fingerprint density at radius 2 is 1.80 bits per heavy atom. The average Bonchev–Trinajstić information content (AvgIpc) is 3.52. The number of fused-ring (bicyclic) bond motifs is 1. The van der Waals surface area contributed by atoms with E-state index < -0.39 is 11.9 Å². The van der Waals surface area contributed by atoms with Crippen LogP contribution in [0.3, 0.4) is 0 Å². The van der Waals surface area contributed by atoms with Crippen molar-refractivity contribution in [3.8, 4) is 6.07 Å². The van der Waals surface area contributed by atoms with Gasteiger partial charge in [-0.15, -0.1) is 5.53 Å². The first-order valence-electron chi connectivity index (χ1n) is 14.3. The van der Waals surface area contributed by atoms with Gasteiger partial charge in [-0.05, 0) is 67.4 Å². The van der Waals surface area contributed by atoms with Crippen LogP contribution in [0.25, 0.3) is 10.9 Å². The number of benzene rings is 3. The minimum absolute atomic E-state index is 0.0506. The van der Waals surface area contributed by atoms with E-state index in [0.29, 0.717) is 39.0 Å². The van der Waals surface area contributed by atoms with E-state index >= 15 is 0 Å². The molecular formula is C32H30Cl2F2N8. The Bertz CT molecular complexity index is 1750. The molecule has 6 rings (SSSR count). The number of nitrogens with zero attached hydrogens (tertiary/aromatic N) is 4. The summed E-state index contributed by atoms with van der Waals surface area (Å²) < 4.78 is 27.8. The predicted octanol–water partition coefficient (Wildman–Crippen LogP) is 7.24. The van der Waals surface area contributed by atoms with Crippen molar-refractivity contribution in [3.63, 3.8) is 0 Å². The second-order valence-electron chi connectivity index (χ2n) is 10.8. The standard InChI is InChI=1S/C32H30Cl2F2N8/c1-2-43-11-9-24(10-12-43)44-18-29(41-42-44)31(19-3-5-21(35)6-4-19)40-23-13-25-30(39-22-7-8-28(36)26(33)14-22)20(16-37)17-38-32(25)27(34)15-23/h3-8,13-15,17-18,24,31,40-42H,2,9-12H2,1H3,(H,38,39). The Hall–Kier alpha value is -4.14.